The average Bonchev–Trinajstić information content (AvgIpc) is 4.01. The number of nitrogens with zero attached hydrogens (tertiary/aromatic N) is 1. The molecule has 1 atom stereocenters. The first-order chi connectivity index (χ1) is 31.8. The Morgan fingerprint density at radius 1 is 0.406 bits per heavy atom. The van der Waals surface area contributed by atoms with Crippen molar-refractivity contribution in [3.05, 3.63) is 292 Å². The molecule has 0 spiro atoms. The molecule has 0 saturated carbocycles. The van der Waals surface area contributed by atoms with Crippen molar-refractivity contribution >= 4 is 28.4 Å². The fraction of sp³-hybridized carbons (Fsp3) is 0.0645. The molecule has 13 rings (SSSR count). The first kappa shape index (κ1) is 36.7. The second-order valence-electron chi connectivity index (χ2n) is 17.4. The van der Waals surface area contributed by atoms with Gasteiger partial charge in [-0.2, -0.15) is 0 Å². The van der Waals surface area contributed by atoms with Crippen LogP contribution in [0.1, 0.15) is 55.8 Å². The van der Waals surface area contributed by atoms with Gasteiger partial charge >= 0.3 is 0 Å². The molecule has 0 bridgehead atoms. The molecule has 0 amide bonds. The van der Waals surface area contributed by atoms with E-state index in [2.05, 4.69) is 248 Å². The number of rotatable bonds is 7. The zero-order valence-electron chi connectivity index (χ0n) is 35.2. The van der Waals surface area contributed by atoms with E-state index in [9.17, 15) is 0 Å². The monoisotopic (exact) mass is 817 g/mol. The Morgan fingerprint density at radius 3 is 1.48 bits per heavy atom. The Kier molecular flexibility index (Phi) is 8.20. The van der Waals surface area contributed by atoms with Gasteiger partial charge in [-0.15, -0.1) is 0 Å². The van der Waals surface area contributed by atoms with Gasteiger partial charge in [0.25, 0.3) is 0 Å². The predicted octanol–water partition coefficient (Wildman–Crippen LogP) is 14.9. The minimum atomic E-state index is -0.560. The van der Waals surface area contributed by atoms with Crippen LogP contribution in [-0.2, 0) is 17.3 Å². The maximum Gasteiger partial charge on any atom is 0.139 e. The summed E-state index contributed by atoms with van der Waals surface area (Å²) >= 11 is 0. The topological polar surface area (TPSA) is 16.4 Å². The molecule has 9 aromatic carbocycles. The van der Waals surface area contributed by atoms with Crippen molar-refractivity contribution in [1.29, 1.82) is 0 Å². The first-order valence-electron chi connectivity index (χ1n) is 22.4. The van der Waals surface area contributed by atoms with Crippen molar-refractivity contribution in [1.82, 2.24) is 0 Å². The van der Waals surface area contributed by atoms with E-state index < -0.39 is 10.8 Å². The van der Waals surface area contributed by atoms with Crippen LogP contribution in [0.4, 0.5) is 11.4 Å². The molecule has 10 aromatic rings. The molecular weight excluding hydrogens is 775 g/mol. The van der Waals surface area contributed by atoms with Gasteiger partial charge in [-0.25, -0.2) is 0 Å². The van der Waals surface area contributed by atoms with Crippen LogP contribution in [0.25, 0.3) is 39.3 Å². The molecule has 0 aliphatic heterocycles. The molecule has 0 radical (unpaired) electrons. The highest BCUT2D eigenvalue weighted by Gasteiger charge is 2.49. The van der Waals surface area contributed by atoms with Gasteiger partial charge in [-0.1, -0.05) is 218 Å². The van der Waals surface area contributed by atoms with Crippen molar-refractivity contribution in [3.8, 4) is 22.3 Å². The third kappa shape index (κ3) is 5.02. The predicted molar refractivity (Wildman–Crippen MR) is 262 cm³/mol. The van der Waals surface area contributed by atoms with E-state index in [4.69, 9.17) is 4.42 Å². The van der Waals surface area contributed by atoms with Crippen LogP contribution in [0.3, 0.4) is 0 Å². The second-order valence-corrected chi connectivity index (χ2v) is 17.4. The number of fused-ring (bicyclic) bond motifs is 9. The van der Waals surface area contributed by atoms with Gasteiger partial charge in [-0.3, -0.25) is 0 Å². The van der Waals surface area contributed by atoms with Gasteiger partial charge in [0.1, 0.15) is 11.3 Å². The Labute approximate surface area is 374 Å². The number of furan rings is 1. The number of benzene rings is 9. The van der Waals surface area contributed by atoms with Gasteiger partial charge in [0.2, 0.25) is 0 Å². The highest BCUT2D eigenvalue weighted by molar-refractivity contribution is 5.97. The number of anilines is 2. The van der Waals surface area contributed by atoms with Gasteiger partial charge in [0, 0.05) is 39.9 Å². The van der Waals surface area contributed by atoms with E-state index in [1.807, 2.05) is 0 Å². The molecule has 0 N–H and O–H groups in total. The van der Waals surface area contributed by atoms with Gasteiger partial charge in [-0.05, 0) is 79.9 Å². The lowest BCUT2D eigenvalue weighted by Crippen LogP contribution is -2.33. The van der Waals surface area contributed by atoms with E-state index in [0.29, 0.717) is 0 Å². The van der Waals surface area contributed by atoms with Crippen molar-refractivity contribution in [3.63, 3.8) is 0 Å². The van der Waals surface area contributed by atoms with Crippen LogP contribution in [0.2, 0.25) is 0 Å². The summed E-state index contributed by atoms with van der Waals surface area (Å²) in [5.41, 5.74) is 18.7. The molecule has 0 saturated heterocycles. The quantitative estimate of drug-likeness (QED) is 0.159. The maximum atomic E-state index is 7.19. The van der Waals surface area contributed by atoms with Gasteiger partial charge in [0.15, 0.2) is 0 Å². The lowest BCUT2D eigenvalue weighted by Gasteiger charge is -2.36. The number of para-hydroxylation sites is 2. The lowest BCUT2D eigenvalue weighted by molar-refractivity contribution is 0.580. The first-order valence-corrected chi connectivity index (χ1v) is 22.4. The van der Waals surface area contributed by atoms with Crippen LogP contribution >= 0.6 is 0 Å². The standard InChI is InChI=1S/C62H43NO/c1-5-21-42(22-6-1)61(43-23-7-2-8-24-43)54-35-18-15-31-50(54)59-55(61)36-20-38-57(59)63(45-27-11-4-12-28-45)46-39-40-58-51(41-46)49-32-19-37-56(60(49)64-58)62(44-25-9-3-10-26-44)52-33-16-13-29-47(52)48-30-14-17-34-53(48)62/h1-40,46H,41H2. The van der Waals surface area contributed by atoms with Crippen molar-refractivity contribution in [2.75, 3.05) is 4.90 Å². The molecule has 3 aliphatic rings. The van der Waals surface area contributed by atoms with E-state index in [1.165, 1.54) is 83.4 Å². The Hall–Kier alpha value is -7.94. The van der Waals surface area contributed by atoms with Crippen molar-refractivity contribution in [2.45, 2.75) is 23.3 Å². The minimum absolute atomic E-state index is 0.00233. The van der Waals surface area contributed by atoms with E-state index in [0.717, 1.165) is 23.5 Å². The molecule has 302 valence electrons. The Morgan fingerprint density at radius 2 is 0.875 bits per heavy atom. The smallest absolute Gasteiger partial charge is 0.139 e. The molecule has 1 unspecified atom stereocenters. The average molecular weight is 818 g/mol. The third-order valence-corrected chi connectivity index (χ3v) is 14.4. The summed E-state index contributed by atoms with van der Waals surface area (Å²) in [4.78, 5) is 2.58. The zero-order valence-corrected chi connectivity index (χ0v) is 35.2. The maximum absolute atomic E-state index is 7.19. The highest BCUT2D eigenvalue weighted by Crippen LogP contribution is 2.60. The molecule has 64 heavy (non-hydrogen) atoms. The minimum Gasteiger partial charge on any atom is -0.456 e. The largest absolute Gasteiger partial charge is 0.456 e. The summed E-state index contributed by atoms with van der Waals surface area (Å²) in [6.45, 7) is 0. The lowest BCUT2D eigenvalue weighted by atomic mass is 9.67. The normalized spacial score (nSPS) is 15.8. The fourth-order valence-corrected chi connectivity index (χ4v) is 11.9. The zero-order chi connectivity index (χ0) is 42.2. The molecular formula is C62H43NO. The molecule has 1 heterocycles. The fourth-order valence-electron chi connectivity index (χ4n) is 11.9. The van der Waals surface area contributed by atoms with E-state index in [-0.39, 0.29) is 6.04 Å². The second kappa shape index (κ2) is 14.3. The van der Waals surface area contributed by atoms with Crippen LogP contribution in [0, 0.1) is 0 Å². The Bertz CT molecular complexity index is 3330. The van der Waals surface area contributed by atoms with E-state index in [1.54, 1.807) is 0 Å². The summed E-state index contributed by atoms with van der Waals surface area (Å²) in [7, 11) is 0. The van der Waals surface area contributed by atoms with Crippen LogP contribution < -0.4 is 4.90 Å². The van der Waals surface area contributed by atoms with Crippen molar-refractivity contribution in [2.24, 2.45) is 0 Å². The van der Waals surface area contributed by atoms with Gasteiger partial charge < -0.3 is 9.32 Å². The molecule has 1 aromatic heterocycles. The SMILES string of the molecule is C1=CC(N(c2ccccc2)c2cccc3c2-c2ccccc2C3(c2ccccc2)c2ccccc2)Cc2c1oc1c(C3(c4ccccc4)c4ccccc4-c4ccccc43)cccc21. The summed E-state index contributed by atoms with van der Waals surface area (Å²) in [5.74, 6) is 0.935. The van der Waals surface area contributed by atoms with E-state index >= 15 is 0 Å². The molecule has 2 nitrogen and oxygen atoms in total. The summed E-state index contributed by atoms with van der Waals surface area (Å²) in [6.07, 6.45) is 5.38. The number of hydrogen-bond acceptors (Lipinski definition) is 2. The molecule has 0 fully saturated rings. The van der Waals surface area contributed by atoms with Crippen LogP contribution in [0.5, 0.6) is 0 Å². The number of hydrogen-bond donors (Lipinski definition) is 0. The molecule has 2 heteroatoms. The summed E-state index contributed by atoms with van der Waals surface area (Å²) in [6, 6.07) is 84.9. The summed E-state index contributed by atoms with van der Waals surface area (Å²) < 4.78 is 7.19. The van der Waals surface area contributed by atoms with Gasteiger partial charge in [0.05, 0.1) is 16.9 Å². The Balaban J connectivity index is 1.01. The van der Waals surface area contributed by atoms with Crippen molar-refractivity contribution < 1.29 is 4.42 Å². The summed E-state index contributed by atoms with van der Waals surface area (Å²) in [5, 5.41) is 1.17. The molecule has 3 aliphatic carbocycles. The third-order valence-electron chi connectivity index (χ3n) is 14.4. The van der Waals surface area contributed by atoms with Crippen LogP contribution in [0.15, 0.2) is 241 Å². The highest BCUT2D eigenvalue weighted by atomic mass is 16.3. The van der Waals surface area contributed by atoms with Crippen LogP contribution in [-0.4, -0.2) is 6.04 Å².